The van der Waals surface area contributed by atoms with E-state index in [0.29, 0.717) is 16.3 Å². The van der Waals surface area contributed by atoms with E-state index in [1.807, 2.05) is 0 Å². The molecule has 1 amide bonds. The number of benzene rings is 1. The predicted molar refractivity (Wildman–Crippen MR) is 117 cm³/mol. The van der Waals surface area contributed by atoms with E-state index in [1.165, 1.54) is 44.8 Å². The van der Waals surface area contributed by atoms with E-state index >= 15 is 0 Å². The number of carbonyl (C=O) groups is 3. The molecule has 3 rings (SSSR count). The Labute approximate surface area is 189 Å². The summed E-state index contributed by atoms with van der Waals surface area (Å²) < 4.78 is 26.0. The van der Waals surface area contributed by atoms with Crippen LogP contribution in [0.1, 0.15) is 44.5 Å². The van der Waals surface area contributed by atoms with Crippen molar-refractivity contribution < 1.29 is 38.1 Å². The summed E-state index contributed by atoms with van der Waals surface area (Å²) in [6.45, 7) is 1.42. The number of hydrogen-bond donors (Lipinski definition) is 1. The lowest BCUT2D eigenvalue weighted by Crippen LogP contribution is -2.22. The lowest BCUT2D eigenvalue weighted by Gasteiger charge is -2.15. The first-order chi connectivity index (χ1) is 15.4. The second-order valence-electron chi connectivity index (χ2n) is 6.79. The van der Waals surface area contributed by atoms with Gasteiger partial charge in [-0.2, -0.15) is 0 Å². The van der Waals surface area contributed by atoms with Crippen molar-refractivity contribution in [2.75, 3.05) is 39.9 Å². The number of ether oxygens (including phenoxy) is 5. The minimum absolute atomic E-state index is 0.0836. The molecule has 0 aliphatic heterocycles. The molecule has 172 valence electrons. The minimum atomic E-state index is -0.766. The normalized spacial score (nSPS) is 12.0. The lowest BCUT2D eigenvalue weighted by atomic mass is 10.1. The first-order valence-electron chi connectivity index (χ1n) is 10.0. The van der Waals surface area contributed by atoms with Gasteiger partial charge in [0.1, 0.15) is 10.6 Å². The van der Waals surface area contributed by atoms with Gasteiger partial charge in [-0.1, -0.05) is 0 Å². The second kappa shape index (κ2) is 10.4. The average Bonchev–Trinajstić information content (AvgIpc) is 3.37. The third-order valence-electron chi connectivity index (χ3n) is 4.91. The molecule has 0 atom stereocenters. The number of hydrogen-bond acceptors (Lipinski definition) is 9. The van der Waals surface area contributed by atoms with Crippen LogP contribution in [-0.4, -0.2) is 52.4 Å². The summed E-state index contributed by atoms with van der Waals surface area (Å²) in [5, 5.41) is 3.10. The van der Waals surface area contributed by atoms with Crippen molar-refractivity contribution in [3.8, 4) is 17.2 Å². The van der Waals surface area contributed by atoms with Gasteiger partial charge in [-0.3, -0.25) is 4.79 Å². The topological polar surface area (TPSA) is 109 Å². The predicted octanol–water partition coefficient (Wildman–Crippen LogP) is 3.23. The summed E-state index contributed by atoms with van der Waals surface area (Å²) in [5.41, 5.74) is 1.40. The van der Waals surface area contributed by atoms with E-state index in [4.69, 9.17) is 23.7 Å². The molecule has 0 radical (unpaired) electrons. The summed E-state index contributed by atoms with van der Waals surface area (Å²) in [5.74, 6) is -1.04. The van der Waals surface area contributed by atoms with Crippen LogP contribution < -0.4 is 19.5 Å². The summed E-state index contributed by atoms with van der Waals surface area (Å²) >= 11 is 1.35. The molecular weight excluding hydrogens is 438 g/mol. The number of methoxy groups -OCH3 is 3. The third kappa shape index (κ3) is 4.64. The molecule has 1 aromatic heterocycles. The summed E-state index contributed by atoms with van der Waals surface area (Å²) in [4.78, 5) is 38.5. The van der Waals surface area contributed by atoms with E-state index in [9.17, 15) is 14.4 Å². The van der Waals surface area contributed by atoms with Crippen molar-refractivity contribution in [3.63, 3.8) is 0 Å². The molecule has 1 aliphatic carbocycles. The van der Waals surface area contributed by atoms with Gasteiger partial charge in [0.15, 0.2) is 18.1 Å². The van der Waals surface area contributed by atoms with Crippen LogP contribution in [0.15, 0.2) is 12.1 Å². The molecule has 32 heavy (non-hydrogen) atoms. The van der Waals surface area contributed by atoms with Crippen molar-refractivity contribution in [2.45, 2.75) is 26.2 Å². The van der Waals surface area contributed by atoms with E-state index < -0.39 is 24.5 Å². The number of aryl methyl sites for hydroxylation is 1. The average molecular weight is 464 g/mol. The summed E-state index contributed by atoms with van der Waals surface area (Å²) in [6.07, 6.45) is 2.59. The Hall–Kier alpha value is -3.27. The number of thiophene rings is 1. The zero-order valence-electron chi connectivity index (χ0n) is 18.4. The fraction of sp³-hybridized carbons (Fsp3) is 0.409. The fourth-order valence-electron chi connectivity index (χ4n) is 3.55. The van der Waals surface area contributed by atoms with E-state index in [0.717, 1.165) is 29.7 Å². The van der Waals surface area contributed by atoms with Gasteiger partial charge in [-0.15, -0.1) is 11.3 Å². The van der Waals surface area contributed by atoms with Gasteiger partial charge in [0, 0.05) is 4.88 Å². The Bertz CT molecular complexity index is 1030. The molecule has 0 spiro atoms. The van der Waals surface area contributed by atoms with Crippen molar-refractivity contribution >= 4 is 34.2 Å². The second-order valence-corrected chi connectivity index (χ2v) is 7.89. The maximum absolute atomic E-state index is 12.6. The Kier molecular flexibility index (Phi) is 7.57. The number of nitrogens with one attached hydrogen (secondary N) is 1. The van der Waals surface area contributed by atoms with Gasteiger partial charge >= 0.3 is 11.9 Å². The first-order valence-corrected chi connectivity index (χ1v) is 10.8. The summed E-state index contributed by atoms with van der Waals surface area (Å²) in [6, 6.07) is 3.00. The van der Waals surface area contributed by atoms with Crippen molar-refractivity contribution in [2.24, 2.45) is 0 Å². The quantitative estimate of drug-likeness (QED) is 0.565. The van der Waals surface area contributed by atoms with E-state index in [2.05, 4.69) is 5.32 Å². The SMILES string of the molecule is CCOC(=O)c1c(NC(=O)COC(=O)c2ccc(OC)c(OC)c2OC)sc2c1CCC2. The number of anilines is 1. The maximum atomic E-state index is 12.6. The summed E-state index contributed by atoms with van der Waals surface area (Å²) in [7, 11) is 4.26. The van der Waals surface area contributed by atoms with E-state index in [1.54, 1.807) is 6.92 Å². The monoisotopic (exact) mass is 463 g/mol. The highest BCUT2D eigenvalue weighted by Gasteiger charge is 2.29. The third-order valence-corrected chi connectivity index (χ3v) is 6.12. The molecule has 0 saturated carbocycles. The van der Waals surface area contributed by atoms with Crippen LogP contribution in [-0.2, 0) is 27.1 Å². The van der Waals surface area contributed by atoms with Crippen LogP contribution >= 0.6 is 11.3 Å². The van der Waals surface area contributed by atoms with Gasteiger partial charge in [-0.05, 0) is 43.9 Å². The van der Waals surface area contributed by atoms with Gasteiger partial charge in [0.2, 0.25) is 5.75 Å². The number of fused-ring (bicyclic) bond motifs is 1. The molecule has 0 bridgehead atoms. The maximum Gasteiger partial charge on any atom is 0.342 e. The smallest absolute Gasteiger partial charge is 0.342 e. The molecule has 9 nitrogen and oxygen atoms in total. The number of carbonyl (C=O) groups excluding carboxylic acids is 3. The Morgan fingerprint density at radius 2 is 1.72 bits per heavy atom. The molecule has 1 aliphatic rings. The zero-order valence-corrected chi connectivity index (χ0v) is 19.2. The Morgan fingerprint density at radius 3 is 2.38 bits per heavy atom. The lowest BCUT2D eigenvalue weighted by molar-refractivity contribution is -0.119. The van der Waals surface area contributed by atoms with Gasteiger partial charge < -0.3 is 29.0 Å². The Balaban J connectivity index is 1.71. The number of esters is 2. The highest BCUT2D eigenvalue weighted by Crippen LogP contribution is 2.41. The fourth-order valence-corrected chi connectivity index (χ4v) is 4.84. The van der Waals surface area contributed by atoms with Crippen LogP contribution in [0.2, 0.25) is 0 Å². The van der Waals surface area contributed by atoms with Crippen molar-refractivity contribution in [3.05, 3.63) is 33.7 Å². The molecule has 0 fully saturated rings. The molecule has 1 heterocycles. The van der Waals surface area contributed by atoms with Gasteiger partial charge in [0.25, 0.3) is 5.91 Å². The van der Waals surface area contributed by atoms with Crippen molar-refractivity contribution in [1.29, 1.82) is 0 Å². The first kappa shape index (κ1) is 23.4. The Morgan fingerprint density at radius 1 is 0.969 bits per heavy atom. The highest BCUT2D eigenvalue weighted by molar-refractivity contribution is 7.17. The minimum Gasteiger partial charge on any atom is -0.493 e. The van der Waals surface area contributed by atoms with Gasteiger partial charge in [-0.25, -0.2) is 9.59 Å². The molecule has 2 aromatic rings. The molecule has 0 unspecified atom stereocenters. The van der Waals surface area contributed by atoms with Crippen LogP contribution in [0.5, 0.6) is 17.2 Å². The van der Waals surface area contributed by atoms with Crippen molar-refractivity contribution in [1.82, 2.24) is 0 Å². The molecular formula is C22H25NO8S. The van der Waals surface area contributed by atoms with Crippen LogP contribution in [0, 0.1) is 0 Å². The van der Waals surface area contributed by atoms with Crippen LogP contribution in [0.3, 0.4) is 0 Å². The molecule has 10 heteroatoms. The molecule has 1 N–H and O–H groups in total. The number of amides is 1. The van der Waals surface area contributed by atoms with Gasteiger partial charge in [0.05, 0.1) is 33.5 Å². The number of rotatable bonds is 9. The molecule has 1 aromatic carbocycles. The van der Waals surface area contributed by atoms with E-state index in [-0.39, 0.29) is 23.7 Å². The van der Waals surface area contributed by atoms with Crippen LogP contribution in [0.4, 0.5) is 5.00 Å². The highest BCUT2D eigenvalue weighted by atomic mass is 32.1. The largest absolute Gasteiger partial charge is 0.493 e. The zero-order chi connectivity index (χ0) is 23.3. The molecule has 0 saturated heterocycles. The standard InChI is InChI=1S/C22H25NO8S/c1-5-30-22(26)17-12-7-6-8-15(12)32-20(17)23-16(24)11-31-21(25)13-9-10-14(27-2)19(29-4)18(13)28-3/h9-10H,5-8,11H2,1-4H3,(H,23,24). The van der Waals surface area contributed by atoms with Crippen LogP contribution in [0.25, 0.3) is 0 Å².